The molecule has 5 heteroatoms. The van der Waals surface area contributed by atoms with Crippen LogP contribution in [0.4, 0.5) is 0 Å². The van der Waals surface area contributed by atoms with Gasteiger partial charge in [0.05, 0.1) is 13.2 Å². The second-order valence-corrected chi connectivity index (χ2v) is 2.01. The predicted octanol–water partition coefficient (Wildman–Crippen LogP) is -0.112. The van der Waals surface area contributed by atoms with Crippen molar-refractivity contribution >= 4 is 24.2 Å². The Kier molecular flexibility index (Phi) is 7.24. The van der Waals surface area contributed by atoms with E-state index in [-0.39, 0.29) is 24.6 Å². The number of carbonyl (C=O) groups excluding carboxylic acids is 2. The van der Waals surface area contributed by atoms with Crippen molar-refractivity contribution in [3.63, 3.8) is 0 Å². The van der Waals surface area contributed by atoms with Crippen LogP contribution in [-0.4, -0.2) is 24.9 Å². The fourth-order valence-corrected chi connectivity index (χ4v) is 0.375. The van der Waals surface area contributed by atoms with Crippen molar-refractivity contribution in [3.05, 3.63) is 0 Å². The fourth-order valence-electron chi connectivity index (χ4n) is 0.375. The van der Waals surface area contributed by atoms with Crippen LogP contribution in [0.15, 0.2) is 0 Å². The number of rotatable bonds is 3. The Morgan fingerprint density at radius 1 is 1.55 bits per heavy atom. The molecule has 0 aromatic rings. The minimum Gasteiger partial charge on any atom is -0.469 e. The van der Waals surface area contributed by atoms with Crippen molar-refractivity contribution in [3.8, 4) is 0 Å². The largest absolute Gasteiger partial charge is 0.469 e. The highest BCUT2D eigenvalue weighted by molar-refractivity contribution is 5.98. The van der Waals surface area contributed by atoms with E-state index in [0.29, 0.717) is 0 Å². The maximum Gasteiger partial charge on any atom is 0.313 e. The van der Waals surface area contributed by atoms with Crippen LogP contribution in [0.1, 0.15) is 13.3 Å². The summed E-state index contributed by atoms with van der Waals surface area (Å²) in [5.41, 5.74) is 5.18. The summed E-state index contributed by atoms with van der Waals surface area (Å²) < 4.78 is 4.26. The summed E-state index contributed by atoms with van der Waals surface area (Å²) >= 11 is 0. The molecule has 0 aromatic heterocycles. The first kappa shape index (κ1) is 13.0. The van der Waals surface area contributed by atoms with E-state index in [1.165, 1.54) is 14.0 Å². The summed E-state index contributed by atoms with van der Waals surface area (Å²) in [4.78, 5) is 21.1. The number of hydrogen-bond donors (Lipinski definition) is 1. The van der Waals surface area contributed by atoms with E-state index in [9.17, 15) is 9.59 Å². The van der Waals surface area contributed by atoms with Crippen molar-refractivity contribution in [2.24, 2.45) is 5.73 Å². The molecule has 0 heterocycles. The van der Waals surface area contributed by atoms with Crippen molar-refractivity contribution in [2.45, 2.75) is 19.4 Å². The van der Waals surface area contributed by atoms with Gasteiger partial charge < -0.3 is 10.5 Å². The second kappa shape index (κ2) is 6.12. The Morgan fingerprint density at radius 3 is 2.27 bits per heavy atom. The van der Waals surface area contributed by atoms with Crippen LogP contribution in [0.25, 0.3) is 0 Å². The number of methoxy groups -OCH3 is 1. The summed E-state index contributed by atoms with van der Waals surface area (Å²) in [6, 6.07) is -0.584. The molecule has 66 valence electrons. The predicted molar refractivity (Wildman–Crippen MR) is 42.5 cm³/mol. The quantitative estimate of drug-likeness (QED) is 0.487. The Hall–Kier alpha value is -0.610. The number of halogens is 1. The highest BCUT2D eigenvalue weighted by atomic mass is 35.5. The van der Waals surface area contributed by atoms with Crippen molar-refractivity contribution in [1.29, 1.82) is 0 Å². The van der Waals surface area contributed by atoms with E-state index in [4.69, 9.17) is 5.73 Å². The third-order valence-corrected chi connectivity index (χ3v) is 1.05. The van der Waals surface area contributed by atoms with Gasteiger partial charge in [0.25, 0.3) is 0 Å². The van der Waals surface area contributed by atoms with Crippen molar-refractivity contribution in [1.82, 2.24) is 0 Å². The first-order valence-electron chi connectivity index (χ1n) is 2.93. The molecule has 0 aliphatic carbocycles. The van der Waals surface area contributed by atoms with E-state index in [0.717, 1.165) is 0 Å². The molecule has 11 heavy (non-hydrogen) atoms. The smallest absolute Gasteiger partial charge is 0.313 e. The lowest BCUT2D eigenvalue weighted by molar-refractivity contribution is -0.143. The van der Waals surface area contributed by atoms with E-state index in [2.05, 4.69) is 4.74 Å². The van der Waals surface area contributed by atoms with Crippen LogP contribution < -0.4 is 5.73 Å². The molecule has 1 atom stereocenters. The van der Waals surface area contributed by atoms with Gasteiger partial charge in [-0.25, -0.2) is 0 Å². The number of ketones is 1. The SMILES string of the molecule is COC(=O)CC(=O)C(C)N.Cl. The maximum absolute atomic E-state index is 10.7. The number of Topliss-reactive ketones (excluding diaryl/α,β-unsaturated/α-hetero) is 1. The Bertz CT molecular complexity index is 147. The number of nitrogens with two attached hydrogens (primary N) is 1. The minimum atomic E-state index is -0.584. The van der Waals surface area contributed by atoms with Gasteiger partial charge in [-0.05, 0) is 6.92 Å². The Balaban J connectivity index is 0. The Labute approximate surface area is 71.5 Å². The average Bonchev–Trinajstić information content (AvgIpc) is 1.87. The van der Waals surface area contributed by atoms with Crippen LogP contribution in [0.2, 0.25) is 0 Å². The minimum absolute atomic E-state index is 0. The van der Waals surface area contributed by atoms with Gasteiger partial charge in [0.1, 0.15) is 6.42 Å². The molecule has 0 aromatic carbocycles. The van der Waals surface area contributed by atoms with Gasteiger partial charge in [0.15, 0.2) is 5.78 Å². The normalized spacial score (nSPS) is 11.2. The third kappa shape index (κ3) is 5.82. The molecule has 0 spiro atoms. The molecule has 0 amide bonds. The standard InChI is InChI=1S/C6H11NO3.ClH/c1-4(7)5(8)3-6(9)10-2;/h4H,3,7H2,1-2H3;1H. The van der Waals surface area contributed by atoms with Crippen LogP contribution in [0.3, 0.4) is 0 Å². The second-order valence-electron chi connectivity index (χ2n) is 2.01. The summed E-state index contributed by atoms with van der Waals surface area (Å²) in [6.07, 6.45) is -0.228. The van der Waals surface area contributed by atoms with E-state index in [1.807, 2.05) is 0 Å². The molecule has 0 saturated carbocycles. The molecule has 0 saturated heterocycles. The zero-order valence-corrected chi connectivity index (χ0v) is 7.31. The summed E-state index contributed by atoms with van der Waals surface area (Å²) in [6.45, 7) is 1.53. The number of ether oxygens (including phenoxy) is 1. The lowest BCUT2D eigenvalue weighted by Crippen LogP contribution is -2.28. The van der Waals surface area contributed by atoms with Gasteiger partial charge in [-0.15, -0.1) is 12.4 Å². The van der Waals surface area contributed by atoms with E-state index in [1.54, 1.807) is 0 Å². The molecule has 0 radical (unpaired) electrons. The van der Waals surface area contributed by atoms with Crippen molar-refractivity contribution < 1.29 is 14.3 Å². The fraction of sp³-hybridized carbons (Fsp3) is 0.667. The first-order chi connectivity index (χ1) is 4.57. The first-order valence-corrected chi connectivity index (χ1v) is 2.93. The zero-order chi connectivity index (χ0) is 8.15. The van der Waals surface area contributed by atoms with Crippen LogP contribution in [0, 0.1) is 0 Å². The number of esters is 1. The lowest BCUT2D eigenvalue weighted by Gasteiger charge is -2.01. The molecule has 4 nitrogen and oxygen atoms in total. The third-order valence-electron chi connectivity index (χ3n) is 1.05. The van der Waals surface area contributed by atoms with Crippen LogP contribution in [0.5, 0.6) is 0 Å². The van der Waals surface area contributed by atoms with Crippen molar-refractivity contribution in [2.75, 3.05) is 7.11 Å². The molecule has 1 unspecified atom stereocenters. The molecule has 0 rings (SSSR count). The van der Waals surface area contributed by atoms with Crippen LogP contribution >= 0.6 is 12.4 Å². The molecular weight excluding hydrogens is 170 g/mol. The van der Waals surface area contributed by atoms with E-state index < -0.39 is 12.0 Å². The number of carbonyl (C=O) groups is 2. The average molecular weight is 182 g/mol. The van der Waals surface area contributed by atoms with Gasteiger partial charge in [-0.1, -0.05) is 0 Å². The zero-order valence-electron chi connectivity index (χ0n) is 6.49. The highest BCUT2D eigenvalue weighted by Crippen LogP contribution is 1.89. The summed E-state index contributed by atoms with van der Waals surface area (Å²) in [7, 11) is 1.23. The topological polar surface area (TPSA) is 69.4 Å². The Morgan fingerprint density at radius 2 is 2.00 bits per heavy atom. The maximum atomic E-state index is 10.7. The molecule has 2 N–H and O–H groups in total. The molecule has 0 bridgehead atoms. The van der Waals surface area contributed by atoms with Gasteiger partial charge in [0.2, 0.25) is 0 Å². The summed E-state index contributed by atoms with van der Waals surface area (Å²) in [5, 5.41) is 0. The molecule has 0 aliphatic rings. The van der Waals surface area contributed by atoms with E-state index >= 15 is 0 Å². The van der Waals surface area contributed by atoms with Gasteiger partial charge in [-0.3, -0.25) is 9.59 Å². The van der Waals surface area contributed by atoms with Crippen LogP contribution in [-0.2, 0) is 14.3 Å². The van der Waals surface area contributed by atoms with Gasteiger partial charge in [-0.2, -0.15) is 0 Å². The molecule has 0 aliphatic heterocycles. The highest BCUT2D eigenvalue weighted by Gasteiger charge is 2.12. The number of hydrogen-bond acceptors (Lipinski definition) is 4. The monoisotopic (exact) mass is 181 g/mol. The van der Waals surface area contributed by atoms with Gasteiger partial charge >= 0.3 is 5.97 Å². The molecule has 0 fully saturated rings. The molecular formula is C6H12ClNO3. The lowest BCUT2D eigenvalue weighted by atomic mass is 10.2. The van der Waals surface area contributed by atoms with Gasteiger partial charge in [0, 0.05) is 0 Å². The summed E-state index contributed by atoms with van der Waals surface area (Å²) in [5.74, 6) is -0.839.